The van der Waals surface area contributed by atoms with Crippen LogP contribution in [0.1, 0.15) is 45.7 Å². The van der Waals surface area contributed by atoms with Gasteiger partial charge in [0.15, 0.2) is 0 Å². The zero-order valence-corrected chi connectivity index (χ0v) is 19.5. The zero-order chi connectivity index (χ0) is 23.5. The van der Waals surface area contributed by atoms with E-state index in [1.54, 1.807) is 18.2 Å². The highest BCUT2D eigenvalue weighted by atomic mass is 16.5. The Balaban J connectivity index is 1.60. The lowest BCUT2D eigenvalue weighted by Crippen LogP contribution is -2.29. The predicted octanol–water partition coefficient (Wildman–Crippen LogP) is 5.79. The molecule has 2 heterocycles. The number of fused-ring (bicyclic) bond motifs is 2. The molecule has 4 aromatic rings. The number of hydrogen-bond acceptors (Lipinski definition) is 4. The van der Waals surface area contributed by atoms with Crippen LogP contribution in [-0.4, -0.2) is 34.9 Å². The maximum atomic E-state index is 13.8. The number of methoxy groups -OCH3 is 1. The number of benzene rings is 2. The predicted molar refractivity (Wildman–Crippen MR) is 136 cm³/mol. The monoisotopic (exact) mass is 449 g/mol. The molecule has 5 rings (SSSR count). The molecule has 0 N–H and O–H groups in total. The van der Waals surface area contributed by atoms with Gasteiger partial charge in [-0.3, -0.25) is 9.78 Å². The molecule has 0 unspecified atom stereocenters. The van der Waals surface area contributed by atoms with Crippen LogP contribution in [0.5, 0.6) is 5.75 Å². The third-order valence-electron chi connectivity index (χ3n) is 6.31. The number of nitrogens with zero attached hydrogens (tertiary/aromatic N) is 3. The molecule has 0 saturated heterocycles. The average Bonchev–Trinajstić information content (AvgIpc) is 2.88. The molecule has 1 aliphatic carbocycles. The van der Waals surface area contributed by atoms with E-state index in [0.29, 0.717) is 6.54 Å². The third kappa shape index (κ3) is 4.29. The number of rotatable bonds is 5. The number of amides is 1. The summed E-state index contributed by atoms with van der Waals surface area (Å²) in [5.41, 5.74) is 6.72. The quantitative estimate of drug-likeness (QED) is 0.387. The van der Waals surface area contributed by atoms with Crippen molar-refractivity contribution < 1.29 is 9.53 Å². The van der Waals surface area contributed by atoms with Crippen molar-refractivity contribution in [2.24, 2.45) is 0 Å². The van der Waals surface area contributed by atoms with Gasteiger partial charge in [0.25, 0.3) is 5.91 Å². The summed E-state index contributed by atoms with van der Waals surface area (Å²) in [5, 5.41) is 0.907. The standard InChI is InChI=1S/C29H27N3O2/c1-32(19-22-9-5-6-17-30-22)29(33)27-24-10-3-4-12-26(24)31-28-21(8-7-11-25(27)28)18-20-13-15-23(34-2)16-14-20/h3-6,9-10,12-18H,7-8,11,19H2,1-2H3. The molecule has 1 amide bonds. The largest absolute Gasteiger partial charge is 0.497 e. The first kappa shape index (κ1) is 21.8. The lowest BCUT2D eigenvalue weighted by atomic mass is 9.85. The topological polar surface area (TPSA) is 55.3 Å². The Morgan fingerprint density at radius 1 is 1.03 bits per heavy atom. The molecule has 1 aliphatic rings. The molecule has 0 fully saturated rings. The summed E-state index contributed by atoms with van der Waals surface area (Å²) in [4.78, 5) is 25.0. The van der Waals surface area contributed by atoms with Gasteiger partial charge >= 0.3 is 0 Å². The molecule has 0 saturated carbocycles. The van der Waals surface area contributed by atoms with Gasteiger partial charge < -0.3 is 9.64 Å². The van der Waals surface area contributed by atoms with Gasteiger partial charge in [-0.05, 0) is 72.4 Å². The summed E-state index contributed by atoms with van der Waals surface area (Å²) < 4.78 is 5.29. The summed E-state index contributed by atoms with van der Waals surface area (Å²) >= 11 is 0. The molecule has 0 atom stereocenters. The molecule has 0 spiro atoms. The van der Waals surface area contributed by atoms with Gasteiger partial charge in [-0.15, -0.1) is 0 Å². The van der Waals surface area contributed by atoms with Gasteiger partial charge in [-0.2, -0.15) is 0 Å². The molecule has 34 heavy (non-hydrogen) atoms. The van der Waals surface area contributed by atoms with Gasteiger partial charge in [0.1, 0.15) is 5.75 Å². The van der Waals surface area contributed by atoms with Crippen LogP contribution in [0.2, 0.25) is 0 Å². The van der Waals surface area contributed by atoms with Gasteiger partial charge in [-0.1, -0.05) is 36.4 Å². The van der Waals surface area contributed by atoms with Crippen LogP contribution in [0, 0.1) is 0 Å². The van der Waals surface area contributed by atoms with Crippen LogP contribution in [0.25, 0.3) is 22.6 Å². The van der Waals surface area contributed by atoms with Crippen molar-refractivity contribution in [1.82, 2.24) is 14.9 Å². The summed E-state index contributed by atoms with van der Waals surface area (Å²) in [5.74, 6) is 0.838. The summed E-state index contributed by atoms with van der Waals surface area (Å²) in [6.45, 7) is 0.458. The van der Waals surface area contributed by atoms with Gasteiger partial charge in [0.05, 0.1) is 36.1 Å². The first-order chi connectivity index (χ1) is 16.6. The fourth-order valence-electron chi connectivity index (χ4n) is 4.62. The van der Waals surface area contributed by atoms with Crippen molar-refractivity contribution in [3.63, 3.8) is 0 Å². The fraction of sp³-hybridized carbons (Fsp3) is 0.207. The highest BCUT2D eigenvalue weighted by Crippen LogP contribution is 2.36. The number of hydrogen-bond donors (Lipinski definition) is 0. The number of carbonyl (C=O) groups excluding carboxylic acids is 1. The lowest BCUT2D eigenvalue weighted by Gasteiger charge is -2.25. The fourth-order valence-corrected chi connectivity index (χ4v) is 4.62. The van der Waals surface area contributed by atoms with E-state index in [1.807, 2.05) is 73.8 Å². The molecule has 0 radical (unpaired) electrons. The molecule has 2 aromatic heterocycles. The summed E-state index contributed by atoms with van der Waals surface area (Å²) in [6.07, 6.45) is 6.70. The number of carbonyl (C=O) groups is 1. The minimum absolute atomic E-state index is 0.00574. The van der Waals surface area contributed by atoms with E-state index in [2.05, 4.69) is 11.1 Å². The normalized spacial score (nSPS) is 14.1. The second-order valence-electron chi connectivity index (χ2n) is 8.61. The number of pyridine rings is 2. The average molecular weight is 450 g/mol. The van der Waals surface area contributed by atoms with Crippen LogP contribution in [0.3, 0.4) is 0 Å². The Hall–Kier alpha value is -3.99. The molecule has 170 valence electrons. The van der Waals surface area contributed by atoms with E-state index in [1.165, 1.54) is 5.57 Å². The Morgan fingerprint density at radius 3 is 2.59 bits per heavy atom. The highest BCUT2D eigenvalue weighted by Gasteiger charge is 2.26. The van der Waals surface area contributed by atoms with Crippen molar-refractivity contribution in [2.75, 3.05) is 14.2 Å². The molecular formula is C29H27N3O2. The molecule has 0 aliphatic heterocycles. The number of allylic oxidation sites excluding steroid dienone is 1. The van der Waals surface area contributed by atoms with Crippen molar-refractivity contribution >= 4 is 28.5 Å². The van der Waals surface area contributed by atoms with Crippen LogP contribution in [0.15, 0.2) is 72.9 Å². The first-order valence-electron chi connectivity index (χ1n) is 11.6. The Bertz CT molecular complexity index is 1360. The lowest BCUT2D eigenvalue weighted by molar-refractivity contribution is 0.0784. The molecule has 2 aromatic carbocycles. The van der Waals surface area contributed by atoms with Crippen LogP contribution in [0.4, 0.5) is 0 Å². The summed E-state index contributed by atoms with van der Waals surface area (Å²) in [7, 11) is 3.51. The van der Waals surface area contributed by atoms with Crippen LogP contribution >= 0.6 is 0 Å². The van der Waals surface area contributed by atoms with E-state index in [-0.39, 0.29) is 5.91 Å². The third-order valence-corrected chi connectivity index (χ3v) is 6.31. The van der Waals surface area contributed by atoms with Gasteiger partial charge in [-0.25, -0.2) is 4.98 Å². The SMILES string of the molecule is COc1ccc(C=C2CCCc3c2nc2ccccc2c3C(=O)N(C)Cc2ccccn2)cc1. The smallest absolute Gasteiger partial charge is 0.254 e. The second-order valence-corrected chi connectivity index (χ2v) is 8.61. The van der Waals surface area contributed by atoms with Crippen molar-refractivity contribution in [1.29, 1.82) is 0 Å². The molecule has 5 nitrogen and oxygen atoms in total. The van der Waals surface area contributed by atoms with Crippen molar-refractivity contribution in [3.8, 4) is 5.75 Å². The number of para-hydroxylation sites is 1. The van der Waals surface area contributed by atoms with E-state index >= 15 is 0 Å². The molecular weight excluding hydrogens is 422 g/mol. The first-order valence-corrected chi connectivity index (χ1v) is 11.6. The van der Waals surface area contributed by atoms with Gasteiger partial charge in [0, 0.05) is 18.6 Å². The van der Waals surface area contributed by atoms with Crippen molar-refractivity contribution in [3.05, 3.63) is 101 Å². The second kappa shape index (κ2) is 9.48. The van der Waals surface area contributed by atoms with E-state index in [4.69, 9.17) is 9.72 Å². The minimum atomic E-state index is 0.00574. The van der Waals surface area contributed by atoms with E-state index < -0.39 is 0 Å². The Labute approximate surface area is 199 Å². The molecule has 5 heteroatoms. The maximum Gasteiger partial charge on any atom is 0.254 e. The van der Waals surface area contributed by atoms with Crippen molar-refractivity contribution in [2.45, 2.75) is 25.8 Å². The van der Waals surface area contributed by atoms with Gasteiger partial charge in [0.2, 0.25) is 0 Å². The zero-order valence-electron chi connectivity index (χ0n) is 19.5. The highest BCUT2D eigenvalue weighted by molar-refractivity contribution is 6.09. The van der Waals surface area contributed by atoms with Crippen LogP contribution in [-0.2, 0) is 13.0 Å². The number of ether oxygens (including phenoxy) is 1. The van der Waals surface area contributed by atoms with Crippen LogP contribution < -0.4 is 4.74 Å². The summed E-state index contributed by atoms with van der Waals surface area (Å²) in [6, 6.07) is 21.7. The minimum Gasteiger partial charge on any atom is -0.497 e. The maximum absolute atomic E-state index is 13.8. The Kier molecular flexibility index (Phi) is 6.09. The van der Waals surface area contributed by atoms with E-state index in [9.17, 15) is 4.79 Å². The van der Waals surface area contributed by atoms with E-state index in [0.717, 1.165) is 64.0 Å². The number of aromatic nitrogens is 2. The molecule has 0 bridgehead atoms. The Morgan fingerprint density at radius 2 is 1.82 bits per heavy atom.